The third-order valence-electron chi connectivity index (χ3n) is 3.99. The number of unbranched alkanes of at least 4 members (excludes halogenated alkanes) is 1. The first-order valence-corrected chi connectivity index (χ1v) is 8.25. The molecule has 1 saturated heterocycles. The molecule has 0 unspecified atom stereocenters. The maximum Gasteiger partial charge on any atom is 0.315 e. The van der Waals surface area contributed by atoms with E-state index >= 15 is 0 Å². The molecule has 0 radical (unpaired) electrons. The fourth-order valence-corrected chi connectivity index (χ4v) is 2.54. The van der Waals surface area contributed by atoms with Crippen molar-refractivity contribution in [3.63, 3.8) is 0 Å². The molecular formula is C17H26FN3O2. The maximum absolute atomic E-state index is 12.7. The summed E-state index contributed by atoms with van der Waals surface area (Å²) in [5.74, 6) is 0.400. The van der Waals surface area contributed by atoms with Gasteiger partial charge in [0.15, 0.2) is 0 Å². The molecule has 1 aliphatic rings. The van der Waals surface area contributed by atoms with Gasteiger partial charge in [-0.05, 0) is 70.1 Å². The van der Waals surface area contributed by atoms with Crippen LogP contribution in [0.25, 0.3) is 0 Å². The summed E-state index contributed by atoms with van der Waals surface area (Å²) in [5.41, 5.74) is 0. The number of benzene rings is 1. The fourth-order valence-electron chi connectivity index (χ4n) is 2.54. The Kier molecular flexibility index (Phi) is 7.13. The molecule has 5 nitrogen and oxygen atoms in total. The SMILES string of the molecule is CN1CCC(NC(=O)NCCCCOc2ccc(F)cc2)CC1. The number of likely N-dealkylation sites (tertiary alicyclic amines) is 1. The maximum atomic E-state index is 12.7. The molecule has 2 amide bonds. The van der Waals surface area contributed by atoms with E-state index in [1.807, 2.05) is 0 Å². The van der Waals surface area contributed by atoms with Gasteiger partial charge < -0.3 is 20.3 Å². The van der Waals surface area contributed by atoms with E-state index in [1.165, 1.54) is 12.1 Å². The summed E-state index contributed by atoms with van der Waals surface area (Å²) in [4.78, 5) is 14.1. The van der Waals surface area contributed by atoms with Gasteiger partial charge in [0.05, 0.1) is 6.61 Å². The first-order valence-electron chi connectivity index (χ1n) is 8.25. The van der Waals surface area contributed by atoms with Gasteiger partial charge in [0.25, 0.3) is 0 Å². The Balaban J connectivity index is 1.48. The van der Waals surface area contributed by atoms with E-state index in [4.69, 9.17) is 4.74 Å². The quantitative estimate of drug-likeness (QED) is 0.758. The Morgan fingerprint density at radius 2 is 1.96 bits per heavy atom. The van der Waals surface area contributed by atoms with Gasteiger partial charge in [-0.25, -0.2) is 9.18 Å². The summed E-state index contributed by atoms with van der Waals surface area (Å²) >= 11 is 0. The third-order valence-corrected chi connectivity index (χ3v) is 3.99. The van der Waals surface area contributed by atoms with Crippen LogP contribution in [0.1, 0.15) is 25.7 Å². The van der Waals surface area contributed by atoms with Gasteiger partial charge in [-0.1, -0.05) is 0 Å². The molecule has 0 aliphatic carbocycles. The fraction of sp³-hybridized carbons (Fsp3) is 0.588. The highest BCUT2D eigenvalue weighted by Crippen LogP contribution is 2.11. The van der Waals surface area contributed by atoms with Crippen LogP contribution in [0.15, 0.2) is 24.3 Å². The van der Waals surface area contributed by atoms with Crippen molar-refractivity contribution >= 4 is 6.03 Å². The Morgan fingerprint density at radius 1 is 1.26 bits per heavy atom. The molecule has 23 heavy (non-hydrogen) atoms. The van der Waals surface area contributed by atoms with Crippen LogP contribution in [0, 0.1) is 5.82 Å². The van der Waals surface area contributed by atoms with Crippen molar-refractivity contribution in [2.24, 2.45) is 0 Å². The number of halogens is 1. The molecule has 0 aromatic heterocycles. The standard InChI is InChI=1S/C17H26FN3O2/c1-21-11-8-15(9-12-21)20-17(22)19-10-2-3-13-23-16-6-4-14(18)5-7-16/h4-7,15H,2-3,8-13H2,1H3,(H2,19,20,22). The predicted octanol–water partition coefficient (Wildman–Crippen LogP) is 2.38. The van der Waals surface area contributed by atoms with Crippen LogP contribution in [0.4, 0.5) is 9.18 Å². The van der Waals surface area contributed by atoms with Crippen LogP contribution in [0.2, 0.25) is 0 Å². The summed E-state index contributed by atoms with van der Waals surface area (Å²) in [7, 11) is 2.10. The Hall–Kier alpha value is -1.82. The second kappa shape index (κ2) is 9.35. The highest BCUT2D eigenvalue weighted by molar-refractivity contribution is 5.74. The first kappa shape index (κ1) is 17.5. The van der Waals surface area contributed by atoms with E-state index < -0.39 is 0 Å². The van der Waals surface area contributed by atoms with E-state index in [0.29, 0.717) is 18.9 Å². The van der Waals surface area contributed by atoms with Gasteiger partial charge in [-0.15, -0.1) is 0 Å². The van der Waals surface area contributed by atoms with Crippen molar-refractivity contribution in [3.05, 3.63) is 30.1 Å². The number of amides is 2. The number of urea groups is 1. The molecule has 0 atom stereocenters. The number of ether oxygens (including phenoxy) is 1. The normalized spacial score (nSPS) is 16.1. The number of carbonyl (C=O) groups excluding carboxylic acids is 1. The number of hydrogen-bond donors (Lipinski definition) is 2. The molecule has 1 fully saturated rings. The van der Waals surface area contributed by atoms with E-state index in [0.717, 1.165) is 38.8 Å². The number of piperidine rings is 1. The third kappa shape index (κ3) is 6.86. The lowest BCUT2D eigenvalue weighted by Gasteiger charge is -2.29. The molecular weight excluding hydrogens is 297 g/mol. The molecule has 6 heteroatoms. The zero-order chi connectivity index (χ0) is 16.5. The molecule has 1 heterocycles. The van der Waals surface area contributed by atoms with Crippen molar-refractivity contribution in [1.82, 2.24) is 15.5 Å². The topological polar surface area (TPSA) is 53.6 Å². The zero-order valence-corrected chi connectivity index (χ0v) is 13.7. The highest BCUT2D eigenvalue weighted by Gasteiger charge is 2.17. The smallest absolute Gasteiger partial charge is 0.315 e. The largest absolute Gasteiger partial charge is 0.494 e. The number of nitrogens with zero attached hydrogens (tertiary/aromatic N) is 1. The molecule has 0 saturated carbocycles. The van der Waals surface area contributed by atoms with Crippen molar-refractivity contribution in [3.8, 4) is 5.75 Å². The lowest BCUT2D eigenvalue weighted by molar-refractivity contribution is 0.213. The van der Waals surface area contributed by atoms with Gasteiger partial charge in [-0.2, -0.15) is 0 Å². The van der Waals surface area contributed by atoms with Crippen molar-refractivity contribution < 1.29 is 13.9 Å². The zero-order valence-electron chi connectivity index (χ0n) is 13.7. The first-order chi connectivity index (χ1) is 11.1. The van der Waals surface area contributed by atoms with Crippen LogP contribution in [0.3, 0.4) is 0 Å². The van der Waals surface area contributed by atoms with Crippen LogP contribution in [-0.2, 0) is 0 Å². The number of nitrogens with one attached hydrogen (secondary N) is 2. The Bertz CT molecular complexity index is 473. The minimum atomic E-state index is -0.267. The summed E-state index contributed by atoms with van der Waals surface area (Å²) in [6.45, 7) is 3.26. The van der Waals surface area contributed by atoms with Crippen LogP contribution < -0.4 is 15.4 Å². The number of rotatable bonds is 7. The number of carbonyl (C=O) groups is 1. The lowest BCUT2D eigenvalue weighted by Crippen LogP contribution is -2.47. The van der Waals surface area contributed by atoms with E-state index in [2.05, 4.69) is 22.6 Å². The van der Waals surface area contributed by atoms with Crippen molar-refractivity contribution in [1.29, 1.82) is 0 Å². The summed E-state index contributed by atoms with van der Waals surface area (Å²) in [6.07, 6.45) is 3.71. The van der Waals surface area contributed by atoms with Gasteiger partial charge in [-0.3, -0.25) is 0 Å². The van der Waals surface area contributed by atoms with E-state index in [-0.39, 0.29) is 17.9 Å². The van der Waals surface area contributed by atoms with Gasteiger partial charge in [0, 0.05) is 12.6 Å². The Morgan fingerprint density at radius 3 is 2.65 bits per heavy atom. The molecule has 0 spiro atoms. The second-order valence-electron chi connectivity index (χ2n) is 5.99. The highest BCUT2D eigenvalue weighted by atomic mass is 19.1. The molecule has 1 aliphatic heterocycles. The Labute approximate surface area is 137 Å². The van der Waals surface area contributed by atoms with Crippen molar-refractivity contribution in [2.45, 2.75) is 31.7 Å². The summed E-state index contributed by atoms with van der Waals surface area (Å²) < 4.78 is 18.2. The predicted molar refractivity (Wildman–Crippen MR) is 88.2 cm³/mol. The molecule has 128 valence electrons. The van der Waals surface area contributed by atoms with Crippen LogP contribution >= 0.6 is 0 Å². The van der Waals surface area contributed by atoms with Gasteiger partial charge in [0.1, 0.15) is 11.6 Å². The van der Waals surface area contributed by atoms with Gasteiger partial charge in [0.2, 0.25) is 0 Å². The van der Waals surface area contributed by atoms with E-state index in [1.54, 1.807) is 12.1 Å². The molecule has 0 bridgehead atoms. The van der Waals surface area contributed by atoms with Crippen LogP contribution in [-0.4, -0.2) is 50.3 Å². The average Bonchev–Trinajstić information content (AvgIpc) is 2.54. The average molecular weight is 323 g/mol. The lowest BCUT2D eigenvalue weighted by atomic mass is 10.1. The van der Waals surface area contributed by atoms with Crippen molar-refractivity contribution in [2.75, 3.05) is 33.3 Å². The van der Waals surface area contributed by atoms with Gasteiger partial charge >= 0.3 is 6.03 Å². The summed E-state index contributed by atoms with van der Waals surface area (Å²) in [6, 6.07) is 6.19. The minimum Gasteiger partial charge on any atom is -0.494 e. The second-order valence-corrected chi connectivity index (χ2v) is 5.99. The molecule has 2 N–H and O–H groups in total. The minimum absolute atomic E-state index is 0.0843. The van der Waals surface area contributed by atoms with E-state index in [9.17, 15) is 9.18 Å². The number of hydrogen-bond acceptors (Lipinski definition) is 3. The van der Waals surface area contributed by atoms with Crippen LogP contribution in [0.5, 0.6) is 5.75 Å². The molecule has 2 rings (SSSR count). The monoisotopic (exact) mass is 323 g/mol. The molecule has 1 aromatic rings. The molecule has 1 aromatic carbocycles. The summed E-state index contributed by atoms with van der Waals surface area (Å²) in [5, 5.41) is 5.90.